The number of aryl methyl sites for hydroxylation is 2. The van der Waals surface area contributed by atoms with E-state index in [1.54, 1.807) is 24.3 Å². The molecule has 1 fully saturated rings. The van der Waals surface area contributed by atoms with Gasteiger partial charge < -0.3 is 20.7 Å². The van der Waals surface area contributed by atoms with E-state index in [-0.39, 0.29) is 11.9 Å². The number of thiophene rings is 1. The topological polar surface area (TPSA) is 110 Å². The van der Waals surface area contributed by atoms with Gasteiger partial charge in [0.15, 0.2) is 0 Å². The van der Waals surface area contributed by atoms with Gasteiger partial charge in [0.25, 0.3) is 5.91 Å². The van der Waals surface area contributed by atoms with Crippen LogP contribution in [0, 0.1) is 13.8 Å². The third-order valence-electron chi connectivity index (χ3n) is 4.82. The number of rotatable bonds is 3. The lowest BCUT2D eigenvalue weighted by molar-refractivity contribution is 0.0792. The zero-order valence-electron chi connectivity index (χ0n) is 15.7. The van der Waals surface area contributed by atoms with Gasteiger partial charge in [0.1, 0.15) is 15.5 Å². The molecular weight excluding hydrogens is 414 g/mol. The summed E-state index contributed by atoms with van der Waals surface area (Å²) < 4.78 is 5.28. The molecule has 0 bridgehead atoms. The molecule has 8 nitrogen and oxygen atoms in total. The average Bonchev–Trinajstić information content (AvgIpc) is 2.98. The van der Waals surface area contributed by atoms with Crippen molar-refractivity contribution in [3.8, 4) is 5.75 Å². The number of carbonyl (C=O) groups is 2. The summed E-state index contributed by atoms with van der Waals surface area (Å²) in [6.07, 6.45) is -0.486. The first kappa shape index (κ1) is 19.4. The van der Waals surface area contributed by atoms with Crippen molar-refractivity contribution in [1.82, 2.24) is 20.4 Å². The molecule has 1 aliphatic rings. The van der Waals surface area contributed by atoms with Gasteiger partial charge in [-0.05, 0) is 37.6 Å². The van der Waals surface area contributed by atoms with E-state index in [2.05, 4.69) is 15.5 Å². The maximum Gasteiger partial charge on any atom is 0.415 e. The van der Waals surface area contributed by atoms with Crippen LogP contribution in [-0.2, 0) is 0 Å². The SMILES string of the molecule is Cc1nnc2sc(C(=O)NC3CN(C(=O)Oc4cccc(Cl)c4)C3)c(N)c2c1C. The van der Waals surface area contributed by atoms with E-state index in [9.17, 15) is 9.59 Å². The molecule has 1 aromatic carbocycles. The Morgan fingerprint density at radius 2 is 2.07 bits per heavy atom. The van der Waals surface area contributed by atoms with Gasteiger partial charge in [-0.2, -0.15) is 5.10 Å². The van der Waals surface area contributed by atoms with Gasteiger partial charge in [0, 0.05) is 23.5 Å². The van der Waals surface area contributed by atoms with Crippen LogP contribution in [0.5, 0.6) is 5.75 Å². The number of nitrogens with zero attached hydrogens (tertiary/aromatic N) is 3. The zero-order chi connectivity index (χ0) is 20.7. The number of nitrogen functional groups attached to an aromatic ring is 1. The fourth-order valence-corrected chi connectivity index (χ4v) is 4.26. The van der Waals surface area contributed by atoms with Gasteiger partial charge in [-0.1, -0.05) is 17.7 Å². The number of aromatic nitrogens is 2. The van der Waals surface area contributed by atoms with E-state index in [1.165, 1.54) is 16.2 Å². The fraction of sp³-hybridized carbons (Fsp3) is 0.263. The van der Waals surface area contributed by atoms with E-state index in [1.807, 2.05) is 13.8 Å². The summed E-state index contributed by atoms with van der Waals surface area (Å²) in [6.45, 7) is 4.47. The Kier molecular flexibility index (Phi) is 5.01. The van der Waals surface area contributed by atoms with Crippen molar-refractivity contribution >= 4 is 50.8 Å². The second kappa shape index (κ2) is 7.49. The highest BCUT2D eigenvalue weighted by molar-refractivity contribution is 7.21. The molecule has 3 N–H and O–H groups in total. The molecule has 0 atom stereocenters. The molecule has 2 aromatic heterocycles. The number of benzene rings is 1. The first-order valence-corrected chi connectivity index (χ1v) is 10.1. The van der Waals surface area contributed by atoms with Gasteiger partial charge in [0.05, 0.1) is 17.4 Å². The number of likely N-dealkylation sites (tertiary alicyclic amines) is 1. The van der Waals surface area contributed by atoms with Crippen LogP contribution in [0.15, 0.2) is 24.3 Å². The number of hydrogen-bond donors (Lipinski definition) is 2. The second-order valence-corrected chi connectivity index (χ2v) is 8.27. The summed E-state index contributed by atoms with van der Waals surface area (Å²) in [7, 11) is 0. The number of anilines is 1. The predicted octanol–water partition coefficient (Wildman–Crippen LogP) is 3.16. The fourth-order valence-electron chi connectivity index (χ4n) is 3.07. The van der Waals surface area contributed by atoms with Crippen molar-refractivity contribution < 1.29 is 14.3 Å². The van der Waals surface area contributed by atoms with Crippen LogP contribution in [0.1, 0.15) is 20.9 Å². The summed E-state index contributed by atoms with van der Waals surface area (Å²) in [5.41, 5.74) is 8.31. The van der Waals surface area contributed by atoms with Crippen molar-refractivity contribution in [2.24, 2.45) is 0 Å². The maximum absolute atomic E-state index is 12.7. The van der Waals surface area contributed by atoms with Gasteiger partial charge >= 0.3 is 6.09 Å². The molecule has 10 heteroatoms. The average molecular weight is 432 g/mol. The van der Waals surface area contributed by atoms with Crippen LogP contribution in [-0.4, -0.2) is 46.2 Å². The monoisotopic (exact) mass is 431 g/mol. The molecule has 0 saturated carbocycles. The first-order valence-electron chi connectivity index (χ1n) is 8.88. The minimum absolute atomic E-state index is 0.173. The number of nitrogens with two attached hydrogens (primary N) is 1. The quantitative estimate of drug-likeness (QED) is 0.659. The Balaban J connectivity index is 1.37. The highest BCUT2D eigenvalue weighted by atomic mass is 35.5. The minimum Gasteiger partial charge on any atom is -0.410 e. The van der Waals surface area contributed by atoms with Crippen LogP contribution in [0.25, 0.3) is 10.2 Å². The molecule has 0 unspecified atom stereocenters. The maximum atomic E-state index is 12.7. The van der Waals surface area contributed by atoms with Crippen LogP contribution in [0.4, 0.5) is 10.5 Å². The van der Waals surface area contributed by atoms with Crippen molar-refractivity contribution in [2.45, 2.75) is 19.9 Å². The van der Waals surface area contributed by atoms with E-state index in [0.717, 1.165) is 16.6 Å². The van der Waals surface area contributed by atoms with Crippen LogP contribution in [0.3, 0.4) is 0 Å². The lowest BCUT2D eigenvalue weighted by Crippen LogP contribution is -2.61. The largest absolute Gasteiger partial charge is 0.415 e. The van der Waals surface area contributed by atoms with Crippen molar-refractivity contribution in [2.75, 3.05) is 18.8 Å². The molecule has 0 spiro atoms. The number of nitrogens with one attached hydrogen (secondary N) is 1. The highest BCUT2D eigenvalue weighted by Crippen LogP contribution is 2.35. The number of hydrogen-bond acceptors (Lipinski definition) is 7. The number of ether oxygens (including phenoxy) is 1. The molecule has 3 aromatic rings. The standard InChI is InChI=1S/C19H18ClN5O3S/c1-9-10(2)23-24-18-14(9)15(21)16(29-18)17(26)22-12-7-25(8-12)19(27)28-13-5-3-4-11(20)6-13/h3-6,12H,7-8,21H2,1-2H3,(H,22,26). The van der Waals surface area contributed by atoms with Crippen molar-refractivity contribution in [3.63, 3.8) is 0 Å². The summed E-state index contributed by atoms with van der Waals surface area (Å²) in [4.78, 5) is 27.4. The van der Waals surface area contributed by atoms with Crippen molar-refractivity contribution in [3.05, 3.63) is 45.4 Å². The first-order chi connectivity index (χ1) is 13.8. The number of amides is 2. The van der Waals surface area contributed by atoms with Crippen LogP contribution in [0.2, 0.25) is 5.02 Å². The molecule has 3 heterocycles. The van der Waals surface area contributed by atoms with Crippen LogP contribution < -0.4 is 15.8 Å². The molecule has 1 saturated heterocycles. The molecule has 0 aliphatic carbocycles. The lowest BCUT2D eigenvalue weighted by atomic mass is 10.1. The molecule has 4 rings (SSSR count). The smallest absolute Gasteiger partial charge is 0.410 e. The number of halogens is 1. The van der Waals surface area contributed by atoms with E-state index in [0.29, 0.717) is 39.3 Å². The van der Waals surface area contributed by atoms with Crippen LogP contribution >= 0.6 is 22.9 Å². The van der Waals surface area contributed by atoms with Gasteiger partial charge in [-0.25, -0.2) is 4.79 Å². The Labute approximate surface area is 175 Å². The zero-order valence-corrected chi connectivity index (χ0v) is 17.3. The minimum atomic E-state index is -0.486. The molecule has 0 radical (unpaired) electrons. The summed E-state index contributed by atoms with van der Waals surface area (Å²) in [6, 6.07) is 6.44. The van der Waals surface area contributed by atoms with Crippen molar-refractivity contribution in [1.29, 1.82) is 0 Å². The molecule has 150 valence electrons. The predicted molar refractivity (Wildman–Crippen MR) is 112 cm³/mol. The molecular formula is C19H18ClN5O3S. The van der Waals surface area contributed by atoms with Gasteiger partial charge in [-0.15, -0.1) is 16.4 Å². The van der Waals surface area contributed by atoms with E-state index < -0.39 is 6.09 Å². The molecule has 29 heavy (non-hydrogen) atoms. The normalized spacial score (nSPS) is 14.0. The Hall–Kier alpha value is -2.91. The van der Waals surface area contributed by atoms with E-state index in [4.69, 9.17) is 22.1 Å². The highest BCUT2D eigenvalue weighted by Gasteiger charge is 2.34. The lowest BCUT2D eigenvalue weighted by Gasteiger charge is -2.38. The Morgan fingerprint density at radius 1 is 1.31 bits per heavy atom. The number of fused-ring (bicyclic) bond motifs is 1. The molecule has 2 amide bonds. The third kappa shape index (κ3) is 3.70. The Morgan fingerprint density at radius 3 is 2.79 bits per heavy atom. The Bertz CT molecular complexity index is 1130. The summed E-state index contributed by atoms with van der Waals surface area (Å²) in [5.74, 6) is 0.0928. The van der Waals surface area contributed by atoms with Gasteiger partial charge in [0.2, 0.25) is 0 Å². The number of carbonyl (C=O) groups excluding carboxylic acids is 2. The van der Waals surface area contributed by atoms with Gasteiger partial charge in [-0.3, -0.25) is 4.79 Å². The van der Waals surface area contributed by atoms with E-state index >= 15 is 0 Å². The molecule has 1 aliphatic heterocycles. The second-order valence-electron chi connectivity index (χ2n) is 6.84. The summed E-state index contributed by atoms with van der Waals surface area (Å²) >= 11 is 7.10. The third-order valence-corrected chi connectivity index (χ3v) is 6.14. The summed E-state index contributed by atoms with van der Waals surface area (Å²) in [5, 5.41) is 12.4.